The molecule has 1 amide bonds. The van der Waals surface area contributed by atoms with Crippen LogP contribution in [0.2, 0.25) is 5.02 Å². The molecule has 26 heavy (non-hydrogen) atoms. The van der Waals surface area contributed by atoms with Gasteiger partial charge in [-0.15, -0.1) is 0 Å². The number of nitrogens with zero attached hydrogens (tertiary/aromatic N) is 2. The van der Waals surface area contributed by atoms with Crippen molar-refractivity contribution < 1.29 is 14.3 Å². The molecule has 0 aliphatic carbocycles. The highest BCUT2D eigenvalue weighted by Crippen LogP contribution is 2.32. The Labute approximate surface area is 154 Å². The van der Waals surface area contributed by atoms with Crippen molar-refractivity contribution in [3.05, 3.63) is 71.1 Å². The first-order valence-corrected chi connectivity index (χ1v) is 8.32. The third kappa shape index (κ3) is 3.32. The van der Waals surface area contributed by atoms with E-state index >= 15 is 0 Å². The zero-order valence-corrected chi connectivity index (χ0v) is 14.4. The van der Waals surface area contributed by atoms with Gasteiger partial charge in [-0.25, -0.2) is 0 Å². The lowest BCUT2D eigenvalue weighted by molar-refractivity contribution is 0.0946. The van der Waals surface area contributed by atoms with Gasteiger partial charge in [-0.1, -0.05) is 17.7 Å². The fourth-order valence-electron chi connectivity index (χ4n) is 2.59. The van der Waals surface area contributed by atoms with Gasteiger partial charge in [0, 0.05) is 24.5 Å². The van der Waals surface area contributed by atoms with Gasteiger partial charge in [0.1, 0.15) is 5.69 Å². The van der Waals surface area contributed by atoms with Crippen LogP contribution in [0.1, 0.15) is 16.1 Å². The fourth-order valence-corrected chi connectivity index (χ4v) is 2.82. The average molecular weight is 368 g/mol. The zero-order chi connectivity index (χ0) is 17.9. The Hall–Kier alpha value is -3.12. The highest BCUT2D eigenvalue weighted by Gasteiger charge is 2.14. The van der Waals surface area contributed by atoms with E-state index in [0.29, 0.717) is 34.5 Å². The van der Waals surface area contributed by atoms with Crippen LogP contribution in [-0.4, -0.2) is 22.7 Å². The van der Waals surface area contributed by atoms with Crippen LogP contribution in [0, 0.1) is 0 Å². The maximum atomic E-state index is 12.3. The Morgan fingerprint density at radius 2 is 2.00 bits per heavy atom. The van der Waals surface area contributed by atoms with E-state index in [-0.39, 0.29) is 12.7 Å². The number of nitrogens with one attached hydrogen (secondary N) is 1. The molecule has 2 aromatic heterocycles. The first-order valence-electron chi connectivity index (χ1n) is 7.94. The molecule has 3 aromatic rings. The Balaban J connectivity index is 1.43. The Kier molecular flexibility index (Phi) is 4.41. The molecule has 7 heteroatoms. The van der Waals surface area contributed by atoms with Crippen LogP contribution in [0.4, 0.5) is 0 Å². The number of carbonyl (C=O) groups excluding carboxylic acids is 1. The molecule has 0 fully saturated rings. The number of hydrogen-bond acceptors (Lipinski definition) is 5. The minimum Gasteiger partial charge on any atom is -0.454 e. The molecular weight excluding hydrogens is 354 g/mol. The highest BCUT2D eigenvalue weighted by atomic mass is 35.5. The summed E-state index contributed by atoms with van der Waals surface area (Å²) in [6.45, 7) is 0.590. The second-order valence-electron chi connectivity index (χ2n) is 5.64. The average Bonchev–Trinajstić information content (AvgIpc) is 3.14. The van der Waals surface area contributed by atoms with Gasteiger partial charge in [0.2, 0.25) is 6.79 Å². The maximum Gasteiger partial charge on any atom is 0.270 e. The molecular formula is C19H14ClN3O3. The smallest absolute Gasteiger partial charge is 0.270 e. The number of amides is 1. The van der Waals surface area contributed by atoms with Gasteiger partial charge in [-0.2, -0.15) is 0 Å². The summed E-state index contributed by atoms with van der Waals surface area (Å²) in [5.41, 5.74) is 2.62. The van der Waals surface area contributed by atoms with Crippen molar-refractivity contribution in [1.29, 1.82) is 0 Å². The first kappa shape index (κ1) is 16.4. The van der Waals surface area contributed by atoms with E-state index in [1.165, 1.54) is 0 Å². The molecule has 0 bridgehead atoms. The lowest BCUT2D eigenvalue weighted by atomic mass is 10.1. The molecule has 0 radical (unpaired) electrons. The molecule has 0 saturated heterocycles. The molecule has 0 spiro atoms. The van der Waals surface area contributed by atoms with Gasteiger partial charge in [-0.05, 0) is 42.0 Å². The summed E-state index contributed by atoms with van der Waals surface area (Å²) in [5.74, 6) is 1.14. The standard InChI is InChI=1S/C19H14ClN3O3/c20-14-2-1-7-21-18(14)13-4-5-15(22-10-13)19(24)23-9-12-3-6-16-17(8-12)26-11-25-16/h1-8,10H,9,11H2,(H,23,24). The monoisotopic (exact) mass is 367 g/mol. The van der Waals surface area contributed by atoms with E-state index in [4.69, 9.17) is 21.1 Å². The first-order chi connectivity index (χ1) is 12.7. The van der Waals surface area contributed by atoms with Gasteiger partial charge in [0.05, 0.1) is 10.7 Å². The molecule has 1 N–H and O–H groups in total. The summed E-state index contributed by atoms with van der Waals surface area (Å²) in [4.78, 5) is 20.7. The molecule has 1 aliphatic rings. The quantitative estimate of drug-likeness (QED) is 0.764. The number of pyridine rings is 2. The SMILES string of the molecule is O=C(NCc1ccc2c(c1)OCO2)c1ccc(-c2ncccc2Cl)cn1. The van der Waals surface area contributed by atoms with Crippen molar-refractivity contribution in [2.75, 3.05) is 6.79 Å². The third-order valence-corrected chi connectivity index (χ3v) is 4.22. The van der Waals surface area contributed by atoms with Crippen LogP contribution in [-0.2, 0) is 6.54 Å². The van der Waals surface area contributed by atoms with Crippen molar-refractivity contribution in [2.24, 2.45) is 0 Å². The second-order valence-corrected chi connectivity index (χ2v) is 6.04. The minimum atomic E-state index is -0.263. The van der Waals surface area contributed by atoms with Crippen LogP contribution in [0.25, 0.3) is 11.3 Å². The predicted molar refractivity (Wildman–Crippen MR) is 96.2 cm³/mol. The normalized spacial score (nSPS) is 12.0. The van der Waals surface area contributed by atoms with Crippen LogP contribution in [0.15, 0.2) is 54.9 Å². The fraction of sp³-hybridized carbons (Fsp3) is 0.105. The number of ether oxygens (including phenoxy) is 2. The minimum absolute atomic E-state index is 0.224. The molecule has 0 atom stereocenters. The van der Waals surface area contributed by atoms with Crippen LogP contribution >= 0.6 is 11.6 Å². The number of carbonyl (C=O) groups is 1. The molecule has 1 aromatic carbocycles. The van der Waals surface area contributed by atoms with Crippen LogP contribution < -0.4 is 14.8 Å². The molecule has 130 valence electrons. The molecule has 0 unspecified atom stereocenters. The number of halogens is 1. The van der Waals surface area contributed by atoms with E-state index in [1.807, 2.05) is 18.2 Å². The predicted octanol–water partition coefficient (Wildman–Crippen LogP) is 3.46. The lowest BCUT2D eigenvalue weighted by Crippen LogP contribution is -2.23. The van der Waals surface area contributed by atoms with Crippen molar-refractivity contribution >= 4 is 17.5 Å². The summed E-state index contributed by atoms with van der Waals surface area (Å²) in [7, 11) is 0. The van der Waals surface area contributed by atoms with Crippen molar-refractivity contribution in [1.82, 2.24) is 15.3 Å². The van der Waals surface area contributed by atoms with E-state index in [0.717, 1.165) is 11.1 Å². The topological polar surface area (TPSA) is 73.3 Å². The van der Waals surface area contributed by atoms with E-state index < -0.39 is 0 Å². The number of aromatic nitrogens is 2. The summed E-state index contributed by atoms with van der Waals surface area (Å²) in [6, 6.07) is 12.5. The van der Waals surface area contributed by atoms with Gasteiger partial charge >= 0.3 is 0 Å². The Bertz CT molecular complexity index is 960. The van der Waals surface area contributed by atoms with Crippen molar-refractivity contribution in [2.45, 2.75) is 6.54 Å². The van der Waals surface area contributed by atoms with Gasteiger partial charge in [0.25, 0.3) is 5.91 Å². The number of benzene rings is 1. The summed E-state index contributed by atoms with van der Waals surface area (Å²) in [6.07, 6.45) is 3.25. The molecule has 6 nitrogen and oxygen atoms in total. The van der Waals surface area contributed by atoms with Gasteiger partial charge in [-0.3, -0.25) is 14.8 Å². The number of hydrogen-bond donors (Lipinski definition) is 1. The highest BCUT2D eigenvalue weighted by molar-refractivity contribution is 6.33. The maximum absolute atomic E-state index is 12.3. The number of fused-ring (bicyclic) bond motifs is 1. The van der Waals surface area contributed by atoms with E-state index in [2.05, 4.69) is 15.3 Å². The second kappa shape index (κ2) is 7.01. The molecule has 3 heterocycles. The number of rotatable bonds is 4. The van der Waals surface area contributed by atoms with Gasteiger partial charge < -0.3 is 14.8 Å². The van der Waals surface area contributed by atoms with E-state index in [1.54, 1.807) is 36.7 Å². The van der Waals surface area contributed by atoms with Crippen molar-refractivity contribution in [3.8, 4) is 22.8 Å². The molecule has 4 rings (SSSR count). The summed E-state index contributed by atoms with van der Waals surface area (Å²) >= 11 is 6.13. The summed E-state index contributed by atoms with van der Waals surface area (Å²) < 4.78 is 10.6. The van der Waals surface area contributed by atoms with E-state index in [9.17, 15) is 4.79 Å². The Morgan fingerprint density at radius 1 is 1.12 bits per heavy atom. The van der Waals surface area contributed by atoms with Crippen molar-refractivity contribution in [3.63, 3.8) is 0 Å². The zero-order valence-electron chi connectivity index (χ0n) is 13.6. The largest absolute Gasteiger partial charge is 0.454 e. The molecule has 1 aliphatic heterocycles. The van der Waals surface area contributed by atoms with Crippen LogP contribution in [0.3, 0.4) is 0 Å². The molecule has 0 saturated carbocycles. The Morgan fingerprint density at radius 3 is 2.81 bits per heavy atom. The third-order valence-electron chi connectivity index (χ3n) is 3.92. The van der Waals surface area contributed by atoms with Crippen LogP contribution in [0.5, 0.6) is 11.5 Å². The summed E-state index contributed by atoms with van der Waals surface area (Å²) in [5, 5.41) is 3.37. The van der Waals surface area contributed by atoms with Gasteiger partial charge in [0.15, 0.2) is 11.5 Å². The lowest BCUT2D eigenvalue weighted by Gasteiger charge is -2.07.